The van der Waals surface area contributed by atoms with Gasteiger partial charge in [-0.25, -0.2) is 4.79 Å². The monoisotopic (exact) mass is 527 g/mol. The molecule has 9 heteroatoms. The van der Waals surface area contributed by atoms with Gasteiger partial charge < -0.3 is 30.1 Å². The van der Waals surface area contributed by atoms with E-state index in [0.717, 1.165) is 0 Å². The van der Waals surface area contributed by atoms with Crippen molar-refractivity contribution in [3.8, 4) is 11.5 Å². The quantitative estimate of drug-likeness (QED) is 0.406. The van der Waals surface area contributed by atoms with Crippen LogP contribution in [0.25, 0.3) is 0 Å². The van der Waals surface area contributed by atoms with Crippen molar-refractivity contribution in [2.24, 2.45) is 0 Å². The molecule has 0 aliphatic heterocycles. The number of aromatic hydroxyl groups is 1. The SMILES string of the molecule is CCC(C)(C)N(C(=O)C(C)NC(=O)OC(C)(C)C)C(C(=O)Nc1ccc(OC)cc1)c1cccc(C)c1O. The summed E-state index contributed by atoms with van der Waals surface area (Å²) in [7, 11) is 1.55. The zero-order valence-corrected chi connectivity index (χ0v) is 23.8. The molecule has 0 aliphatic carbocycles. The first-order valence-corrected chi connectivity index (χ1v) is 12.7. The zero-order valence-electron chi connectivity index (χ0n) is 23.8. The Morgan fingerprint density at radius 2 is 1.63 bits per heavy atom. The van der Waals surface area contributed by atoms with Gasteiger partial charge in [-0.3, -0.25) is 9.59 Å². The second kappa shape index (κ2) is 12.2. The molecule has 3 amide bonds. The third-order valence-corrected chi connectivity index (χ3v) is 6.29. The lowest BCUT2D eigenvalue weighted by Crippen LogP contribution is -2.58. The number of aryl methyl sites for hydroxylation is 1. The third-order valence-electron chi connectivity index (χ3n) is 6.29. The molecule has 38 heavy (non-hydrogen) atoms. The van der Waals surface area contributed by atoms with Crippen molar-refractivity contribution in [2.45, 2.75) is 85.0 Å². The fourth-order valence-corrected chi connectivity index (χ4v) is 3.88. The molecular formula is C29H41N3O6. The molecule has 9 nitrogen and oxygen atoms in total. The summed E-state index contributed by atoms with van der Waals surface area (Å²) in [6.45, 7) is 14.0. The maximum Gasteiger partial charge on any atom is 0.408 e. The molecule has 2 aromatic rings. The Morgan fingerprint density at radius 1 is 1.03 bits per heavy atom. The van der Waals surface area contributed by atoms with E-state index in [4.69, 9.17) is 9.47 Å². The second-order valence-corrected chi connectivity index (χ2v) is 10.9. The van der Waals surface area contributed by atoms with E-state index in [-0.39, 0.29) is 11.3 Å². The first-order chi connectivity index (χ1) is 17.6. The van der Waals surface area contributed by atoms with Crippen molar-refractivity contribution in [1.82, 2.24) is 10.2 Å². The van der Waals surface area contributed by atoms with E-state index < -0.39 is 41.1 Å². The van der Waals surface area contributed by atoms with E-state index in [9.17, 15) is 19.5 Å². The largest absolute Gasteiger partial charge is 0.507 e. The Morgan fingerprint density at radius 3 is 2.16 bits per heavy atom. The van der Waals surface area contributed by atoms with Gasteiger partial charge in [0.25, 0.3) is 5.91 Å². The number of hydrogen-bond donors (Lipinski definition) is 3. The van der Waals surface area contributed by atoms with Crippen LogP contribution in [0.2, 0.25) is 0 Å². The number of nitrogens with one attached hydrogen (secondary N) is 2. The first kappa shape index (κ1) is 30.5. The number of carbonyl (C=O) groups excluding carboxylic acids is 3. The smallest absolute Gasteiger partial charge is 0.408 e. The third kappa shape index (κ3) is 7.63. The van der Waals surface area contributed by atoms with Crippen LogP contribution in [-0.2, 0) is 14.3 Å². The van der Waals surface area contributed by atoms with Crippen LogP contribution in [0.4, 0.5) is 10.5 Å². The number of phenols is 1. The van der Waals surface area contributed by atoms with Gasteiger partial charge in [-0.1, -0.05) is 25.1 Å². The number of nitrogens with zero attached hydrogens (tertiary/aromatic N) is 1. The van der Waals surface area contributed by atoms with Crippen LogP contribution < -0.4 is 15.4 Å². The number of phenolic OH excluding ortho intramolecular Hbond substituents is 1. The summed E-state index contributed by atoms with van der Waals surface area (Å²) < 4.78 is 10.5. The number of anilines is 1. The molecule has 0 saturated heterocycles. The van der Waals surface area contributed by atoms with Crippen LogP contribution in [0, 0.1) is 6.92 Å². The summed E-state index contributed by atoms with van der Waals surface area (Å²) in [6, 6.07) is 9.64. The topological polar surface area (TPSA) is 117 Å². The highest BCUT2D eigenvalue weighted by molar-refractivity contribution is 5.99. The van der Waals surface area contributed by atoms with Crippen molar-refractivity contribution in [3.63, 3.8) is 0 Å². The molecule has 2 rings (SSSR count). The van der Waals surface area contributed by atoms with Crippen LogP contribution in [0.3, 0.4) is 0 Å². The summed E-state index contributed by atoms with van der Waals surface area (Å²) in [5, 5.41) is 16.5. The number of ether oxygens (including phenoxy) is 2. The average Bonchev–Trinajstić information content (AvgIpc) is 2.83. The van der Waals surface area contributed by atoms with E-state index in [2.05, 4.69) is 10.6 Å². The van der Waals surface area contributed by atoms with Gasteiger partial charge in [0, 0.05) is 16.8 Å². The number of para-hydroxylation sites is 1. The first-order valence-electron chi connectivity index (χ1n) is 12.7. The van der Waals surface area contributed by atoms with Gasteiger partial charge >= 0.3 is 6.09 Å². The maximum absolute atomic E-state index is 14.0. The van der Waals surface area contributed by atoms with E-state index in [1.54, 1.807) is 84.2 Å². The van der Waals surface area contributed by atoms with Crippen LogP contribution >= 0.6 is 0 Å². The molecule has 0 bridgehead atoms. The highest BCUT2D eigenvalue weighted by atomic mass is 16.6. The molecule has 2 unspecified atom stereocenters. The zero-order chi connectivity index (χ0) is 28.8. The molecule has 0 spiro atoms. The molecule has 3 N–H and O–H groups in total. The fraction of sp³-hybridized carbons (Fsp3) is 0.483. The van der Waals surface area contributed by atoms with Crippen LogP contribution in [0.1, 0.15) is 72.1 Å². The van der Waals surface area contributed by atoms with Crippen molar-refractivity contribution in [1.29, 1.82) is 0 Å². The second-order valence-electron chi connectivity index (χ2n) is 10.9. The van der Waals surface area contributed by atoms with E-state index in [0.29, 0.717) is 23.4 Å². The Hall–Kier alpha value is -3.75. The lowest BCUT2D eigenvalue weighted by molar-refractivity contribution is -0.147. The lowest BCUT2D eigenvalue weighted by atomic mass is 9.91. The predicted octanol–water partition coefficient (Wildman–Crippen LogP) is 5.32. The Labute approximate surface area is 225 Å². The minimum atomic E-state index is -1.21. The van der Waals surface area contributed by atoms with Gasteiger partial charge in [0.1, 0.15) is 29.2 Å². The molecule has 2 atom stereocenters. The van der Waals surface area contributed by atoms with Crippen molar-refractivity contribution < 1.29 is 29.0 Å². The minimum absolute atomic E-state index is 0.0835. The molecule has 0 aliphatic rings. The Kier molecular flexibility index (Phi) is 9.78. The summed E-state index contributed by atoms with van der Waals surface area (Å²) in [6.07, 6.45) is -0.248. The van der Waals surface area contributed by atoms with Gasteiger partial charge in [0.15, 0.2) is 0 Å². The number of amides is 3. The number of alkyl carbamates (subject to hydrolysis) is 1. The van der Waals surface area contributed by atoms with Crippen molar-refractivity contribution in [3.05, 3.63) is 53.6 Å². The summed E-state index contributed by atoms with van der Waals surface area (Å²) in [4.78, 5) is 41.8. The molecule has 0 fully saturated rings. The van der Waals surface area contributed by atoms with Crippen LogP contribution in [0.5, 0.6) is 11.5 Å². The number of methoxy groups -OCH3 is 1. The Bertz CT molecular complexity index is 1140. The lowest BCUT2D eigenvalue weighted by Gasteiger charge is -2.44. The van der Waals surface area contributed by atoms with Crippen molar-refractivity contribution >= 4 is 23.6 Å². The molecule has 0 heterocycles. The number of carbonyl (C=O) groups is 3. The predicted molar refractivity (Wildman–Crippen MR) is 147 cm³/mol. The van der Waals surface area contributed by atoms with E-state index in [1.165, 1.54) is 4.90 Å². The normalized spacial score (nSPS) is 13.2. The summed E-state index contributed by atoms with van der Waals surface area (Å²) in [5.41, 5.74) is -0.251. The van der Waals surface area contributed by atoms with Gasteiger partial charge in [0.05, 0.1) is 7.11 Å². The molecule has 0 saturated carbocycles. The van der Waals surface area contributed by atoms with E-state index >= 15 is 0 Å². The van der Waals surface area contributed by atoms with Crippen LogP contribution in [0.15, 0.2) is 42.5 Å². The van der Waals surface area contributed by atoms with Gasteiger partial charge in [-0.05, 0) is 84.7 Å². The Balaban J connectivity index is 2.58. The fourth-order valence-electron chi connectivity index (χ4n) is 3.88. The maximum atomic E-state index is 14.0. The highest BCUT2D eigenvalue weighted by Gasteiger charge is 2.43. The summed E-state index contributed by atoms with van der Waals surface area (Å²) in [5.74, 6) is -0.476. The summed E-state index contributed by atoms with van der Waals surface area (Å²) >= 11 is 0. The molecule has 208 valence electrons. The molecule has 2 aromatic carbocycles. The highest BCUT2D eigenvalue weighted by Crippen LogP contribution is 2.37. The number of rotatable bonds is 9. The molecule has 0 radical (unpaired) electrons. The molecular weight excluding hydrogens is 486 g/mol. The van der Waals surface area contributed by atoms with Gasteiger partial charge in [-0.2, -0.15) is 0 Å². The van der Waals surface area contributed by atoms with Gasteiger partial charge in [-0.15, -0.1) is 0 Å². The number of benzene rings is 2. The van der Waals surface area contributed by atoms with Crippen LogP contribution in [-0.4, -0.2) is 52.2 Å². The number of hydrogen-bond acceptors (Lipinski definition) is 6. The van der Waals surface area contributed by atoms with E-state index in [1.807, 2.05) is 20.8 Å². The average molecular weight is 528 g/mol. The standard InChI is InChI=1S/C29H41N3O6/c1-10-29(7,8)32(26(35)19(3)30-27(36)38-28(4,5)6)23(22-13-11-12-18(2)24(22)33)25(34)31-20-14-16-21(37-9)17-15-20/h11-17,19,23,33H,10H2,1-9H3,(H,30,36)(H,31,34). The molecule has 0 aromatic heterocycles. The van der Waals surface area contributed by atoms with Gasteiger partial charge in [0.2, 0.25) is 5.91 Å². The minimum Gasteiger partial charge on any atom is -0.507 e. The van der Waals surface area contributed by atoms with Crippen molar-refractivity contribution in [2.75, 3.05) is 12.4 Å².